The van der Waals surface area contributed by atoms with E-state index in [-0.39, 0.29) is 0 Å². The Morgan fingerprint density at radius 3 is 2.50 bits per heavy atom. The molecule has 0 spiro atoms. The van der Waals surface area contributed by atoms with Crippen LogP contribution in [0.2, 0.25) is 5.02 Å². The molecule has 0 bridgehead atoms. The Balaban J connectivity index is 1.96. The van der Waals surface area contributed by atoms with Gasteiger partial charge in [0.2, 0.25) is 0 Å². The summed E-state index contributed by atoms with van der Waals surface area (Å²) in [6, 6.07) is 16.5. The third-order valence-corrected chi connectivity index (χ3v) is 5.90. The van der Waals surface area contributed by atoms with Gasteiger partial charge in [-0.05, 0) is 41.8 Å². The maximum Gasteiger partial charge on any atom is 0.135 e. The van der Waals surface area contributed by atoms with Gasteiger partial charge in [0.25, 0.3) is 0 Å². The van der Waals surface area contributed by atoms with E-state index in [2.05, 4.69) is 35.9 Å². The number of methoxy groups -OCH3 is 1. The van der Waals surface area contributed by atoms with E-state index >= 15 is 0 Å². The quantitative estimate of drug-likeness (QED) is 0.421. The maximum atomic E-state index is 14.8. The molecular weight excluding hydrogens is 422 g/mol. The summed E-state index contributed by atoms with van der Waals surface area (Å²) in [5.74, 6) is 0.340. The molecule has 30 heavy (non-hydrogen) atoms. The summed E-state index contributed by atoms with van der Waals surface area (Å²) >= 11 is 13.0. The highest BCUT2D eigenvalue weighted by atomic mass is 35.5. The SMILES string of the molecule is COc1cccc(F)c1-c1cc2c(cc1Cl)C(Cl)=NCN2c1ccccc1C(C)C. The first-order chi connectivity index (χ1) is 14.4. The summed E-state index contributed by atoms with van der Waals surface area (Å²) in [4.78, 5) is 6.56. The molecule has 0 saturated carbocycles. The van der Waals surface area contributed by atoms with E-state index in [9.17, 15) is 4.39 Å². The van der Waals surface area contributed by atoms with Crippen molar-refractivity contribution in [3.05, 3.63) is 76.6 Å². The minimum Gasteiger partial charge on any atom is -0.496 e. The van der Waals surface area contributed by atoms with Gasteiger partial charge in [0.05, 0.1) is 18.4 Å². The summed E-state index contributed by atoms with van der Waals surface area (Å²) in [5, 5.41) is 0.765. The maximum absolute atomic E-state index is 14.8. The zero-order valence-electron chi connectivity index (χ0n) is 16.9. The molecule has 1 aliphatic heterocycles. The number of fused-ring (bicyclic) bond motifs is 1. The number of aliphatic imine (C=N–C) groups is 1. The van der Waals surface area contributed by atoms with E-state index < -0.39 is 5.82 Å². The van der Waals surface area contributed by atoms with E-state index in [1.807, 2.05) is 18.2 Å². The number of nitrogens with zero attached hydrogens (tertiary/aromatic N) is 2. The summed E-state index contributed by atoms with van der Waals surface area (Å²) < 4.78 is 20.2. The van der Waals surface area contributed by atoms with E-state index in [1.54, 1.807) is 18.2 Å². The van der Waals surface area contributed by atoms with Crippen LogP contribution in [0.4, 0.5) is 15.8 Å². The second kappa shape index (κ2) is 8.29. The summed E-state index contributed by atoms with van der Waals surface area (Å²) in [7, 11) is 1.51. The average Bonchev–Trinajstić information content (AvgIpc) is 2.74. The lowest BCUT2D eigenvalue weighted by atomic mass is 9.97. The van der Waals surface area contributed by atoms with Gasteiger partial charge in [-0.1, -0.05) is 61.3 Å². The largest absolute Gasteiger partial charge is 0.496 e. The highest BCUT2D eigenvalue weighted by molar-refractivity contribution is 6.70. The Hall–Kier alpha value is -2.56. The second-order valence-corrected chi connectivity index (χ2v) is 8.16. The van der Waals surface area contributed by atoms with Gasteiger partial charge in [0, 0.05) is 21.8 Å². The van der Waals surface area contributed by atoms with E-state index in [0.717, 1.165) is 11.4 Å². The Morgan fingerprint density at radius 2 is 1.77 bits per heavy atom. The van der Waals surface area contributed by atoms with Crippen molar-refractivity contribution in [2.24, 2.45) is 4.99 Å². The minimum absolute atomic E-state index is 0.323. The van der Waals surface area contributed by atoms with Crippen LogP contribution in [0.3, 0.4) is 0 Å². The topological polar surface area (TPSA) is 24.8 Å². The smallest absolute Gasteiger partial charge is 0.135 e. The molecule has 3 nitrogen and oxygen atoms in total. The predicted octanol–water partition coefficient (Wildman–Crippen LogP) is 7.37. The van der Waals surface area contributed by atoms with E-state index in [1.165, 1.54) is 18.7 Å². The third-order valence-electron chi connectivity index (χ3n) is 5.26. The second-order valence-electron chi connectivity index (χ2n) is 7.40. The number of hydrogen-bond donors (Lipinski definition) is 0. The molecular formula is C24H21Cl2FN2O. The van der Waals surface area contributed by atoms with Crippen LogP contribution in [-0.2, 0) is 0 Å². The Morgan fingerprint density at radius 1 is 1.00 bits per heavy atom. The van der Waals surface area contributed by atoms with E-state index in [4.69, 9.17) is 27.9 Å². The van der Waals surface area contributed by atoms with Crippen LogP contribution in [0.15, 0.2) is 59.6 Å². The van der Waals surface area contributed by atoms with Crippen molar-refractivity contribution in [3.8, 4) is 16.9 Å². The van der Waals surface area contributed by atoms with Crippen LogP contribution >= 0.6 is 23.2 Å². The molecule has 1 heterocycles. The molecule has 6 heteroatoms. The van der Waals surface area contributed by atoms with E-state index in [0.29, 0.717) is 45.2 Å². The lowest BCUT2D eigenvalue weighted by Gasteiger charge is -2.32. The summed E-state index contributed by atoms with van der Waals surface area (Å²) in [5.41, 5.74) is 4.64. The molecule has 4 rings (SSSR count). The molecule has 0 amide bonds. The van der Waals surface area contributed by atoms with Gasteiger partial charge in [0.15, 0.2) is 0 Å². The number of benzene rings is 3. The molecule has 0 radical (unpaired) electrons. The van der Waals surface area contributed by atoms with Crippen LogP contribution in [0, 0.1) is 5.82 Å². The standard InChI is InChI=1S/C24H21Cl2FN2O/c1-14(2)15-7-4-5-9-20(15)29-13-28-24(26)17-11-18(25)16(12-21(17)29)23-19(27)8-6-10-22(23)30-3/h4-12,14H,13H2,1-3H3. The van der Waals surface area contributed by atoms with Crippen molar-refractivity contribution < 1.29 is 9.13 Å². The average molecular weight is 443 g/mol. The first-order valence-electron chi connectivity index (χ1n) is 9.65. The lowest BCUT2D eigenvalue weighted by molar-refractivity contribution is 0.413. The molecule has 0 saturated heterocycles. The van der Waals surface area contributed by atoms with Gasteiger partial charge in [0.1, 0.15) is 23.4 Å². The molecule has 0 atom stereocenters. The van der Waals surface area contributed by atoms with Gasteiger partial charge in [-0.2, -0.15) is 0 Å². The third kappa shape index (κ3) is 3.55. The number of anilines is 2. The fourth-order valence-electron chi connectivity index (χ4n) is 3.80. The predicted molar refractivity (Wildman–Crippen MR) is 123 cm³/mol. The number of halogens is 3. The monoisotopic (exact) mass is 442 g/mol. The van der Waals surface area contributed by atoms with Gasteiger partial charge < -0.3 is 9.64 Å². The Labute approximate surface area is 185 Å². The number of rotatable bonds is 4. The summed E-state index contributed by atoms with van der Waals surface area (Å²) in [6.07, 6.45) is 0. The highest BCUT2D eigenvalue weighted by Gasteiger charge is 2.26. The van der Waals surface area contributed by atoms with Crippen molar-refractivity contribution in [1.29, 1.82) is 0 Å². The number of hydrogen-bond acceptors (Lipinski definition) is 3. The lowest BCUT2D eigenvalue weighted by Crippen LogP contribution is -2.25. The van der Waals surface area contributed by atoms with Crippen LogP contribution in [0.25, 0.3) is 11.1 Å². The van der Waals surface area contributed by atoms with Crippen molar-refractivity contribution >= 4 is 39.7 Å². The Kier molecular flexibility index (Phi) is 5.72. The molecule has 0 fully saturated rings. The molecule has 1 aliphatic rings. The molecule has 0 aliphatic carbocycles. The molecule has 154 valence electrons. The van der Waals surface area contributed by atoms with Crippen molar-refractivity contribution in [1.82, 2.24) is 0 Å². The van der Waals surface area contributed by atoms with Crippen molar-refractivity contribution in [2.75, 3.05) is 18.7 Å². The fraction of sp³-hybridized carbons (Fsp3) is 0.208. The molecule has 3 aromatic carbocycles. The highest BCUT2D eigenvalue weighted by Crippen LogP contribution is 2.44. The van der Waals surface area contributed by atoms with Crippen LogP contribution in [0.5, 0.6) is 5.75 Å². The zero-order chi connectivity index (χ0) is 21.4. The van der Waals surface area contributed by atoms with Crippen molar-refractivity contribution in [2.45, 2.75) is 19.8 Å². The van der Waals surface area contributed by atoms with Gasteiger partial charge >= 0.3 is 0 Å². The first-order valence-corrected chi connectivity index (χ1v) is 10.4. The van der Waals surface area contributed by atoms with Crippen molar-refractivity contribution in [3.63, 3.8) is 0 Å². The number of ether oxygens (including phenoxy) is 1. The Bertz CT molecular complexity index is 1140. The van der Waals surface area contributed by atoms with Crippen LogP contribution < -0.4 is 9.64 Å². The van der Waals surface area contributed by atoms with Crippen LogP contribution in [0.1, 0.15) is 30.9 Å². The first kappa shape index (κ1) is 20.7. The fourth-order valence-corrected chi connectivity index (χ4v) is 4.26. The van der Waals surface area contributed by atoms with Gasteiger partial charge in [-0.15, -0.1) is 0 Å². The molecule has 0 aromatic heterocycles. The van der Waals surface area contributed by atoms with Crippen LogP contribution in [-0.4, -0.2) is 18.9 Å². The molecule has 0 N–H and O–H groups in total. The minimum atomic E-state index is -0.402. The number of para-hydroxylation sites is 1. The van der Waals surface area contributed by atoms with Gasteiger partial charge in [-0.3, -0.25) is 4.99 Å². The summed E-state index contributed by atoms with van der Waals surface area (Å²) in [6.45, 7) is 4.67. The molecule has 0 unspecified atom stereocenters. The molecule has 3 aromatic rings. The van der Waals surface area contributed by atoms with Gasteiger partial charge in [-0.25, -0.2) is 4.39 Å². The normalized spacial score (nSPS) is 13.3. The zero-order valence-corrected chi connectivity index (χ0v) is 18.4.